The molecule has 5 heteroatoms. The Balaban J connectivity index is 3.17. The summed E-state index contributed by atoms with van der Waals surface area (Å²) in [6, 6.07) is 3.48. The number of pyridine rings is 1. The lowest BCUT2D eigenvalue weighted by molar-refractivity contribution is 0.151. The summed E-state index contributed by atoms with van der Waals surface area (Å²) in [5.41, 5.74) is -0.709. The van der Waals surface area contributed by atoms with Crippen LogP contribution in [0.25, 0.3) is 0 Å². The SMILES string of the molecule is N#Cc1cc(C(F)F)cc(CF)n1. The van der Waals surface area contributed by atoms with E-state index in [9.17, 15) is 13.2 Å². The fraction of sp³-hybridized carbons (Fsp3) is 0.250. The van der Waals surface area contributed by atoms with Gasteiger partial charge in [-0.25, -0.2) is 18.2 Å². The molecule has 0 radical (unpaired) electrons. The van der Waals surface area contributed by atoms with E-state index in [1.807, 2.05) is 0 Å². The zero-order chi connectivity index (χ0) is 9.84. The molecule has 13 heavy (non-hydrogen) atoms. The maximum Gasteiger partial charge on any atom is 0.264 e. The molecule has 0 aliphatic carbocycles. The topological polar surface area (TPSA) is 36.7 Å². The summed E-state index contributed by atoms with van der Waals surface area (Å²) in [6.45, 7) is -0.949. The molecule has 0 unspecified atom stereocenters. The van der Waals surface area contributed by atoms with Gasteiger partial charge in [-0.2, -0.15) is 5.26 Å². The highest BCUT2D eigenvalue weighted by Crippen LogP contribution is 2.20. The van der Waals surface area contributed by atoms with Crippen LogP contribution in [0.15, 0.2) is 12.1 Å². The van der Waals surface area contributed by atoms with Crippen LogP contribution in [0.4, 0.5) is 13.2 Å². The van der Waals surface area contributed by atoms with Crippen molar-refractivity contribution in [2.24, 2.45) is 0 Å². The van der Waals surface area contributed by atoms with Gasteiger partial charge < -0.3 is 0 Å². The molecule has 0 spiro atoms. The number of alkyl halides is 3. The van der Waals surface area contributed by atoms with Gasteiger partial charge in [0.05, 0.1) is 5.69 Å². The molecule has 1 aromatic rings. The highest BCUT2D eigenvalue weighted by molar-refractivity contribution is 5.29. The molecule has 0 aliphatic heterocycles. The van der Waals surface area contributed by atoms with Crippen molar-refractivity contribution >= 4 is 0 Å². The molecule has 68 valence electrons. The first kappa shape index (κ1) is 9.52. The third kappa shape index (κ3) is 2.18. The predicted molar refractivity (Wildman–Crippen MR) is 38.7 cm³/mol. The molecule has 1 rings (SSSR count). The van der Waals surface area contributed by atoms with Crippen LogP contribution in [0, 0.1) is 11.3 Å². The van der Waals surface area contributed by atoms with Gasteiger partial charge in [-0.05, 0) is 12.1 Å². The Kier molecular flexibility index (Phi) is 2.85. The normalized spacial score (nSPS) is 10.1. The molecule has 0 N–H and O–H groups in total. The minimum absolute atomic E-state index is 0.144. The lowest BCUT2D eigenvalue weighted by Crippen LogP contribution is -1.94. The number of aromatic nitrogens is 1. The molecule has 1 aromatic heterocycles. The standard InChI is InChI=1S/C8H5F3N2/c9-3-6-1-5(8(10)11)2-7(4-12)13-6/h1-2,8H,3H2. The van der Waals surface area contributed by atoms with Crippen molar-refractivity contribution in [2.45, 2.75) is 13.1 Å². The van der Waals surface area contributed by atoms with Crippen LogP contribution in [0.5, 0.6) is 0 Å². The van der Waals surface area contributed by atoms with Crippen molar-refractivity contribution < 1.29 is 13.2 Å². The molecule has 0 fully saturated rings. The van der Waals surface area contributed by atoms with E-state index in [0.717, 1.165) is 12.1 Å². The minimum Gasteiger partial charge on any atom is -0.244 e. The second-order valence-electron chi connectivity index (χ2n) is 2.32. The summed E-state index contributed by atoms with van der Waals surface area (Å²) in [4.78, 5) is 3.48. The largest absolute Gasteiger partial charge is 0.264 e. The lowest BCUT2D eigenvalue weighted by atomic mass is 10.2. The van der Waals surface area contributed by atoms with E-state index in [1.165, 1.54) is 0 Å². The average molecular weight is 186 g/mol. The third-order valence-electron chi connectivity index (χ3n) is 1.40. The maximum absolute atomic E-state index is 12.1. The molecule has 0 amide bonds. The van der Waals surface area contributed by atoms with Crippen LogP contribution < -0.4 is 0 Å². The first-order chi connectivity index (χ1) is 6.17. The van der Waals surface area contributed by atoms with Gasteiger partial charge in [-0.1, -0.05) is 0 Å². The summed E-state index contributed by atoms with van der Waals surface area (Å²) in [6.07, 6.45) is -2.71. The van der Waals surface area contributed by atoms with E-state index < -0.39 is 13.1 Å². The Morgan fingerprint density at radius 2 is 2.15 bits per heavy atom. The number of hydrogen-bond donors (Lipinski definition) is 0. The summed E-state index contributed by atoms with van der Waals surface area (Å²) < 4.78 is 36.3. The van der Waals surface area contributed by atoms with Gasteiger partial charge >= 0.3 is 0 Å². The molecule has 0 aromatic carbocycles. The number of nitriles is 1. The minimum atomic E-state index is -2.71. The van der Waals surface area contributed by atoms with E-state index in [4.69, 9.17) is 5.26 Å². The Hall–Kier alpha value is -1.57. The second-order valence-corrected chi connectivity index (χ2v) is 2.32. The van der Waals surface area contributed by atoms with Crippen LogP contribution in [0.1, 0.15) is 23.4 Å². The van der Waals surface area contributed by atoms with Gasteiger partial charge in [0, 0.05) is 5.56 Å². The molecule has 0 saturated heterocycles. The highest BCUT2D eigenvalue weighted by atomic mass is 19.3. The van der Waals surface area contributed by atoms with E-state index in [0.29, 0.717) is 0 Å². The van der Waals surface area contributed by atoms with Gasteiger partial charge in [0.15, 0.2) is 0 Å². The number of hydrogen-bond acceptors (Lipinski definition) is 2. The fourth-order valence-electron chi connectivity index (χ4n) is 0.863. The fourth-order valence-corrected chi connectivity index (χ4v) is 0.863. The predicted octanol–water partition coefficient (Wildman–Crippen LogP) is 2.36. The molecule has 0 bridgehead atoms. The summed E-state index contributed by atoms with van der Waals surface area (Å²) in [7, 11) is 0. The number of halogens is 3. The second kappa shape index (κ2) is 3.90. The average Bonchev–Trinajstić information content (AvgIpc) is 2.16. The Labute approximate surface area is 72.6 Å². The number of nitrogens with zero attached hydrogens (tertiary/aromatic N) is 2. The molecular weight excluding hydrogens is 181 g/mol. The van der Waals surface area contributed by atoms with Gasteiger partial charge in [0.2, 0.25) is 0 Å². The molecular formula is C8H5F3N2. The molecule has 2 nitrogen and oxygen atoms in total. The zero-order valence-electron chi connectivity index (χ0n) is 6.47. The Morgan fingerprint density at radius 3 is 2.62 bits per heavy atom. The summed E-state index contributed by atoms with van der Waals surface area (Å²) >= 11 is 0. The van der Waals surface area contributed by atoms with Crippen LogP contribution in [-0.2, 0) is 6.67 Å². The van der Waals surface area contributed by atoms with E-state index >= 15 is 0 Å². The molecule has 0 aliphatic rings. The lowest BCUT2D eigenvalue weighted by Gasteiger charge is -2.01. The zero-order valence-corrected chi connectivity index (χ0v) is 6.47. The van der Waals surface area contributed by atoms with Crippen LogP contribution in [0.2, 0.25) is 0 Å². The van der Waals surface area contributed by atoms with Crippen molar-refractivity contribution in [2.75, 3.05) is 0 Å². The first-order valence-corrected chi connectivity index (χ1v) is 3.42. The smallest absolute Gasteiger partial charge is 0.244 e. The highest BCUT2D eigenvalue weighted by Gasteiger charge is 2.10. The number of rotatable bonds is 2. The summed E-state index contributed by atoms with van der Waals surface area (Å²) in [5.74, 6) is 0. The van der Waals surface area contributed by atoms with Gasteiger partial charge in [0.1, 0.15) is 18.4 Å². The van der Waals surface area contributed by atoms with Crippen molar-refractivity contribution in [1.29, 1.82) is 5.26 Å². The summed E-state index contributed by atoms with van der Waals surface area (Å²) in [5, 5.41) is 8.38. The molecule has 0 atom stereocenters. The van der Waals surface area contributed by atoms with Gasteiger partial charge in [-0.3, -0.25) is 0 Å². The third-order valence-corrected chi connectivity index (χ3v) is 1.40. The molecule has 1 heterocycles. The van der Waals surface area contributed by atoms with E-state index in [1.54, 1.807) is 6.07 Å². The Bertz CT molecular complexity index is 344. The van der Waals surface area contributed by atoms with Crippen molar-refractivity contribution in [3.63, 3.8) is 0 Å². The van der Waals surface area contributed by atoms with Crippen molar-refractivity contribution in [3.8, 4) is 6.07 Å². The van der Waals surface area contributed by atoms with Crippen LogP contribution in [-0.4, -0.2) is 4.98 Å². The Morgan fingerprint density at radius 1 is 1.46 bits per heavy atom. The van der Waals surface area contributed by atoms with E-state index in [2.05, 4.69) is 4.98 Å². The molecule has 0 saturated carbocycles. The van der Waals surface area contributed by atoms with Gasteiger partial charge in [-0.15, -0.1) is 0 Å². The first-order valence-electron chi connectivity index (χ1n) is 3.42. The van der Waals surface area contributed by atoms with Crippen molar-refractivity contribution in [1.82, 2.24) is 4.98 Å². The van der Waals surface area contributed by atoms with E-state index in [-0.39, 0.29) is 17.0 Å². The quantitative estimate of drug-likeness (QED) is 0.710. The van der Waals surface area contributed by atoms with Crippen LogP contribution >= 0.6 is 0 Å². The monoisotopic (exact) mass is 186 g/mol. The maximum atomic E-state index is 12.1. The van der Waals surface area contributed by atoms with Crippen LogP contribution in [0.3, 0.4) is 0 Å². The van der Waals surface area contributed by atoms with Crippen molar-refractivity contribution in [3.05, 3.63) is 29.1 Å². The van der Waals surface area contributed by atoms with Gasteiger partial charge in [0.25, 0.3) is 6.43 Å².